The Bertz CT molecular complexity index is 311. The van der Waals surface area contributed by atoms with Gasteiger partial charge in [0.05, 0.1) is 12.1 Å². The molecule has 3 heteroatoms. The molecule has 0 saturated carbocycles. The van der Waals surface area contributed by atoms with E-state index in [9.17, 15) is 0 Å². The van der Waals surface area contributed by atoms with Gasteiger partial charge in [0.1, 0.15) is 0 Å². The van der Waals surface area contributed by atoms with Crippen LogP contribution in [0.4, 0.5) is 0 Å². The van der Waals surface area contributed by atoms with E-state index in [4.69, 9.17) is 22.1 Å². The van der Waals surface area contributed by atoms with Gasteiger partial charge in [-0.05, 0) is 25.0 Å². The zero-order valence-corrected chi connectivity index (χ0v) is 10.7. The number of halogens is 1. The molecule has 0 aromatic heterocycles. The first-order valence-electron chi connectivity index (χ1n) is 5.82. The second-order valence-electron chi connectivity index (χ2n) is 3.83. The van der Waals surface area contributed by atoms with Crippen LogP contribution in [0.5, 0.6) is 0 Å². The monoisotopic (exact) mass is 241 g/mol. The van der Waals surface area contributed by atoms with Gasteiger partial charge in [0.2, 0.25) is 0 Å². The fourth-order valence-electron chi connectivity index (χ4n) is 1.81. The van der Waals surface area contributed by atoms with Crippen molar-refractivity contribution in [3.8, 4) is 0 Å². The smallest absolute Gasteiger partial charge is 0.0767 e. The van der Waals surface area contributed by atoms with Crippen molar-refractivity contribution in [1.29, 1.82) is 0 Å². The van der Waals surface area contributed by atoms with E-state index in [-0.39, 0.29) is 12.1 Å². The summed E-state index contributed by atoms with van der Waals surface area (Å²) in [6.07, 6.45) is 2.07. The Hall–Kier alpha value is -0.570. The Morgan fingerprint density at radius 2 is 2.00 bits per heavy atom. The average Bonchev–Trinajstić information content (AvgIpc) is 2.28. The number of hydrogen-bond acceptors (Lipinski definition) is 2. The van der Waals surface area contributed by atoms with Crippen LogP contribution in [-0.4, -0.2) is 12.7 Å². The molecule has 0 heterocycles. The molecule has 0 aliphatic carbocycles. The Balaban J connectivity index is 2.81. The predicted octanol–water partition coefficient (Wildman–Crippen LogP) is 3.55. The lowest BCUT2D eigenvalue weighted by Crippen LogP contribution is -2.29. The quantitative estimate of drug-likeness (QED) is 0.827. The summed E-state index contributed by atoms with van der Waals surface area (Å²) in [7, 11) is 0. The third-order valence-electron chi connectivity index (χ3n) is 2.62. The molecule has 1 rings (SSSR count). The van der Waals surface area contributed by atoms with Crippen LogP contribution in [-0.2, 0) is 4.74 Å². The minimum atomic E-state index is -0.145. The van der Waals surface area contributed by atoms with E-state index in [1.165, 1.54) is 0 Å². The summed E-state index contributed by atoms with van der Waals surface area (Å²) in [6.45, 7) is 4.80. The molecule has 2 nitrogen and oxygen atoms in total. The van der Waals surface area contributed by atoms with E-state index >= 15 is 0 Å². The van der Waals surface area contributed by atoms with E-state index in [0.717, 1.165) is 23.4 Å². The van der Waals surface area contributed by atoms with Crippen LogP contribution in [0.2, 0.25) is 5.02 Å². The highest BCUT2D eigenvalue weighted by molar-refractivity contribution is 6.31. The maximum atomic E-state index is 6.20. The van der Waals surface area contributed by atoms with Crippen LogP contribution in [0.3, 0.4) is 0 Å². The van der Waals surface area contributed by atoms with Gasteiger partial charge in [0, 0.05) is 11.6 Å². The molecule has 1 aromatic carbocycles. The molecule has 90 valence electrons. The molecule has 2 N–H and O–H groups in total. The standard InChI is InChI=1S/C13H20ClNO/c1-3-7-12(16-4-2)13(15)10-8-5-6-9-11(10)14/h5-6,8-9,12-13H,3-4,7,15H2,1-2H3. The van der Waals surface area contributed by atoms with Gasteiger partial charge < -0.3 is 10.5 Å². The van der Waals surface area contributed by atoms with Gasteiger partial charge in [-0.1, -0.05) is 43.1 Å². The fourth-order valence-corrected chi connectivity index (χ4v) is 2.07. The summed E-state index contributed by atoms with van der Waals surface area (Å²) < 4.78 is 5.67. The molecule has 0 aliphatic rings. The fraction of sp³-hybridized carbons (Fsp3) is 0.538. The van der Waals surface area contributed by atoms with Gasteiger partial charge in [-0.25, -0.2) is 0 Å². The van der Waals surface area contributed by atoms with E-state index in [1.54, 1.807) is 0 Å². The minimum Gasteiger partial charge on any atom is -0.377 e. The zero-order chi connectivity index (χ0) is 12.0. The summed E-state index contributed by atoms with van der Waals surface area (Å²) >= 11 is 6.13. The minimum absolute atomic E-state index is 0.0508. The molecule has 0 amide bonds. The SMILES string of the molecule is CCCC(OCC)C(N)c1ccccc1Cl. The number of nitrogens with two attached hydrogens (primary N) is 1. The van der Waals surface area contributed by atoms with Gasteiger partial charge in [-0.15, -0.1) is 0 Å². The summed E-state index contributed by atoms with van der Waals surface area (Å²) in [4.78, 5) is 0. The molecule has 0 fully saturated rings. The normalized spacial score (nSPS) is 14.8. The Morgan fingerprint density at radius 1 is 1.31 bits per heavy atom. The number of ether oxygens (including phenoxy) is 1. The number of benzene rings is 1. The van der Waals surface area contributed by atoms with Crippen molar-refractivity contribution in [3.05, 3.63) is 34.9 Å². The molecule has 2 atom stereocenters. The Kier molecular flexibility index (Phi) is 5.81. The van der Waals surface area contributed by atoms with Crippen LogP contribution in [0, 0.1) is 0 Å². The maximum absolute atomic E-state index is 6.20. The molecule has 0 spiro atoms. The summed E-state index contributed by atoms with van der Waals surface area (Å²) in [5.41, 5.74) is 7.17. The van der Waals surface area contributed by atoms with E-state index in [0.29, 0.717) is 6.61 Å². The van der Waals surface area contributed by atoms with E-state index in [2.05, 4.69) is 6.92 Å². The molecule has 2 unspecified atom stereocenters. The van der Waals surface area contributed by atoms with Crippen molar-refractivity contribution < 1.29 is 4.74 Å². The summed E-state index contributed by atoms with van der Waals surface area (Å²) in [6, 6.07) is 7.55. The number of rotatable bonds is 6. The Labute approximate surface area is 103 Å². The van der Waals surface area contributed by atoms with Crippen molar-refractivity contribution in [2.24, 2.45) is 5.73 Å². The highest BCUT2D eigenvalue weighted by Gasteiger charge is 2.20. The molecular formula is C13H20ClNO. The average molecular weight is 242 g/mol. The zero-order valence-electron chi connectivity index (χ0n) is 9.95. The van der Waals surface area contributed by atoms with Gasteiger partial charge in [0.25, 0.3) is 0 Å². The van der Waals surface area contributed by atoms with Crippen LogP contribution in [0.25, 0.3) is 0 Å². The third-order valence-corrected chi connectivity index (χ3v) is 2.96. The maximum Gasteiger partial charge on any atom is 0.0767 e. The van der Waals surface area contributed by atoms with E-state index in [1.807, 2.05) is 31.2 Å². The molecule has 0 bridgehead atoms. The highest BCUT2D eigenvalue weighted by Crippen LogP contribution is 2.26. The van der Waals surface area contributed by atoms with Gasteiger partial charge in [-0.2, -0.15) is 0 Å². The van der Waals surface area contributed by atoms with Crippen molar-refractivity contribution >= 4 is 11.6 Å². The largest absolute Gasteiger partial charge is 0.377 e. The molecule has 0 saturated heterocycles. The molecule has 0 aliphatic heterocycles. The van der Waals surface area contributed by atoms with Crippen LogP contribution < -0.4 is 5.73 Å². The summed E-state index contributed by atoms with van der Waals surface area (Å²) in [5, 5.41) is 0.718. The van der Waals surface area contributed by atoms with E-state index < -0.39 is 0 Å². The van der Waals surface area contributed by atoms with Gasteiger partial charge >= 0.3 is 0 Å². The lowest BCUT2D eigenvalue weighted by atomic mass is 9.99. The predicted molar refractivity (Wildman–Crippen MR) is 68.7 cm³/mol. The van der Waals surface area contributed by atoms with Crippen molar-refractivity contribution in [2.75, 3.05) is 6.61 Å². The first-order valence-corrected chi connectivity index (χ1v) is 6.20. The molecule has 1 aromatic rings. The molecule has 0 radical (unpaired) electrons. The van der Waals surface area contributed by atoms with Crippen LogP contribution in [0.15, 0.2) is 24.3 Å². The first kappa shape index (κ1) is 13.5. The van der Waals surface area contributed by atoms with Crippen molar-refractivity contribution in [2.45, 2.75) is 38.8 Å². The van der Waals surface area contributed by atoms with Crippen molar-refractivity contribution in [1.82, 2.24) is 0 Å². The van der Waals surface area contributed by atoms with Crippen LogP contribution in [0.1, 0.15) is 38.3 Å². The highest BCUT2D eigenvalue weighted by atomic mass is 35.5. The number of hydrogen-bond donors (Lipinski definition) is 1. The topological polar surface area (TPSA) is 35.2 Å². The first-order chi connectivity index (χ1) is 7.70. The van der Waals surface area contributed by atoms with Crippen LogP contribution >= 0.6 is 11.6 Å². The lowest BCUT2D eigenvalue weighted by molar-refractivity contribution is 0.0374. The third kappa shape index (κ3) is 3.48. The lowest BCUT2D eigenvalue weighted by Gasteiger charge is -2.24. The van der Waals surface area contributed by atoms with Crippen molar-refractivity contribution in [3.63, 3.8) is 0 Å². The van der Waals surface area contributed by atoms with Gasteiger partial charge in [-0.3, -0.25) is 0 Å². The second-order valence-corrected chi connectivity index (χ2v) is 4.24. The molecular weight excluding hydrogens is 222 g/mol. The van der Waals surface area contributed by atoms with Gasteiger partial charge in [0.15, 0.2) is 0 Å². The summed E-state index contributed by atoms with van der Waals surface area (Å²) in [5.74, 6) is 0. The Morgan fingerprint density at radius 3 is 2.56 bits per heavy atom. The second kappa shape index (κ2) is 6.89. The molecule has 16 heavy (non-hydrogen) atoms.